The first kappa shape index (κ1) is 14.5. The van der Waals surface area contributed by atoms with Crippen LogP contribution in [0.25, 0.3) is 0 Å². The van der Waals surface area contributed by atoms with E-state index in [1.165, 1.54) is 23.1 Å². The van der Waals surface area contributed by atoms with Crippen LogP contribution in [0.1, 0.15) is 0 Å². The molecule has 0 aliphatic rings. The number of aromatic amines is 1. The molecule has 0 saturated carbocycles. The Kier molecular flexibility index (Phi) is 6.29. The molecule has 1 aromatic rings. The summed E-state index contributed by atoms with van der Waals surface area (Å²) in [7, 11) is -3.82. The zero-order valence-corrected chi connectivity index (χ0v) is 12.2. The van der Waals surface area contributed by atoms with Gasteiger partial charge in [0.25, 0.3) is 10.1 Å². The quantitative estimate of drug-likeness (QED) is 0.344. The lowest BCUT2D eigenvalue weighted by molar-refractivity contribution is 0.485. The fourth-order valence-electron chi connectivity index (χ4n) is 0.732. The van der Waals surface area contributed by atoms with E-state index in [9.17, 15) is 8.42 Å². The Morgan fingerprint density at radius 3 is 2.75 bits per heavy atom. The Morgan fingerprint density at radius 2 is 2.19 bits per heavy atom. The first-order valence-electron chi connectivity index (χ1n) is 4.18. The number of thioether (sulfide) groups is 2. The summed E-state index contributed by atoms with van der Waals surface area (Å²) >= 11 is 9.37. The minimum Gasteiger partial charge on any atom is -0.286 e. The second-order valence-electron chi connectivity index (χ2n) is 2.63. The third-order valence-corrected chi connectivity index (χ3v) is 5.81. The average molecular weight is 318 g/mol. The SMILES string of the molecule is O=S(=O)(O)CCSCCSc1n[nH]c(=S)s1. The lowest BCUT2D eigenvalue weighted by Gasteiger charge is -1.98. The fourth-order valence-corrected chi connectivity index (χ4v) is 4.86. The molecule has 0 radical (unpaired) electrons. The Balaban J connectivity index is 2.07. The molecule has 1 aromatic heterocycles. The maximum atomic E-state index is 10.4. The van der Waals surface area contributed by atoms with Crippen molar-refractivity contribution in [1.82, 2.24) is 10.2 Å². The van der Waals surface area contributed by atoms with E-state index in [4.69, 9.17) is 16.8 Å². The number of nitrogens with one attached hydrogen (secondary N) is 1. The van der Waals surface area contributed by atoms with Crippen LogP contribution in [0.4, 0.5) is 0 Å². The lowest BCUT2D eigenvalue weighted by atomic mass is 10.9. The summed E-state index contributed by atoms with van der Waals surface area (Å²) in [5, 5.41) is 6.66. The first-order valence-corrected chi connectivity index (χ1v) is 9.16. The number of rotatable bonds is 7. The van der Waals surface area contributed by atoms with Crippen molar-refractivity contribution in [2.45, 2.75) is 4.34 Å². The van der Waals surface area contributed by atoms with Gasteiger partial charge in [-0.1, -0.05) is 23.1 Å². The highest BCUT2D eigenvalue weighted by Gasteiger charge is 2.04. The van der Waals surface area contributed by atoms with Crippen molar-refractivity contribution in [3.05, 3.63) is 3.95 Å². The summed E-state index contributed by atoms with van der Waals surface area (Å²) in [4.78, 5) is 0. The Labute approximate surface area is 111 Å². The van der Waals surface area contributed by atoms with E-state index < -0.39 is 10.1 Å². The van der Waals surface area contributed by atoms with Gasteiger partial charge in [0.2, 0.25) is 0 Å². The van der Waals surface area contributed by atoms with Crippen LogP contribution in [0.3, 0.4) is 0 Å². The molecule has 5 nitrogen and oxygen atoms in total. The van der Waals surface area contributed by atoms with Gasteiger partial charge in [0.1, 0.15) is 0 Å². The molecular formula is C6H10N2O3S5. The van der Waals surface area contributed by atoms with Gasteiger partial charge in [0, 0.05) is 17.3 Å². The van der Waals surface area contributed by atoms with Crippen LogP contribution in [0.2, 0.25) is 0 Å². The second-order valence-corrected chi connectivity index (χ2v) is 8.43. The van der Waals surface area contributed by atoms with Gasteiger partial charge in [0.15, 0.2) is 8.29 Å². The molecule has 0 bridgehead atoms. The Hall–Kier alpha value is 0.390. The number of nitrogens with zero attached hydrogens (tertiary/aromatic N) is 1. The summed E-state index contributed by atoms with van der Waals surface area (Å²) in [6, 6.07) is 0. The Morgan fingerprint density at radius 1 is 1.44 bits per heavy atom. The van der Waals surface area contributed by atoms with Crippen molar-refractivity contribution in [3.8, 4) is 0 Å². The molecule has 2 N–H and O–H groups in total. The van der Waals surface area contributed by atoms with Crippen LogP contribution >= 0.6 is 47.1 Å². The molecule has 0 spiro atoms. The predicted molar refractivity (Wildman–Crippen MR) is 71.8 cm³/mol. The summed E-state index contributed by atoms with van der Waals surface area (Å²) in [5.74, 6) is 1.87. The van der Waals surface area contributed by atoms with Gasteiger partial charge in [-0.05, 0) is 12.2 Å². The molecule has 0 unspecified atom stereocenters. The minimum atomic E-state index is -3.82. The van der Waals surface area contributed by atoms with Gasteiger partial charge in [0.05, 0.1) is 5.75 Å². The smallest absolute Gasteiger partial charge is 0.265 e. The predicted octanol–water partition coefficient (Wildman–Crippen LogP) is 1.91. The summed E-state index contributed by atoms with van der Waals surface area (Å²) in [6.45, 7) is 0. The largest absolute Gasteiger partial charge is 0.286 e. The molecule has 92 valence electrons. The minimum absolute atomic E-state index is 0.191. The summed E-state index contributed by atoms with van der Waals surface area (Å²) < 4.78 is 30.8. The van der Waals surface area contributed by atoms with Gasteiger partial charge in [-0.3, -0.25) is 9.65 Å². The van der Waals surface area contributed by atoms with Gasteiger partial charge in [-0.25, -0.2) is 0 Å². The van der Waals surface area contributed by atoms with E-state index in [0.717, 1.165) is 15.8 Å². The van der Waals surface area contributed by atoms with E-state index >= 15 is 0 Å². The van der Waals surface area contributed by atoms with Gasteiger partial charge >= 0.3 is 0 Å². The third-order valence-electron chi connectivity index (χ3n) is 1.36. The molecule has 0 atom stereocenters. The van der Waals surface area contributed by atoms with E-state index in [1.807, 2.05) is 0 Å². The highest BCUT2D eigenvalue weighted by atomic mass is 32.2. The van der Waals surface area contributed by atoms with E-state index in [-0.39, 0.29) is 5.75 Å². The standard InChI is InChI=1S/C6H10N2O3S5/c9-16(10,11)4-3-13-1-2-14-6-8-7-5(12)15-6/h1-4H2,(H,7,12)(H,9,10,11). The van der Waals surface area contributed by atoms with Crippen molar-refractivity contribution in [2.75, 3.05) is 23.0 Å². The van der Waals surface area contributed by atoms with Gasteiger partial charge in [-0.15, -0.1) is 0 Å². The monoisotopic (exact) mass is 318 g/mol. The summed E-state index contributed by atoms with van der Waals surface area (Å²) in [6.07, 6.45) is 0. The second kappa shape index (κ2) is 6.97. The van der Waals surface area contributed by atoms with Crippen molar-refractivity contribution in [2.24, 2.45) is 0 Å². The van der Waals surface area contributed by atoms with Crippen LogP contribution in [0.5, 0.6) is 0 Å². The highest BCUT2D eigenvalue weighted by Crippen LogP contribution is 2.21. The highest BCUT2D eigenvalue weighted by molar-refractivity contribution is 8.04. The maximum absolute atomic E-state index is 10.4. The van der Waals surface area contributed by atoms with Crippen molar-refractivity contribution < 1.29 is 13.0 Å². The zero-order chi connectivity index (χ0) is 12.0. The topological polar surface area (TPSA) is 83.1 Å². The molecule has 0 amide bonds. The molecule has 0 aliphatic heterocycles. The zero-order valence-electron chi connectivity index (χ0n) is 8.08. The number of hydrogen-bond acceptors (Lipinski definition) is 7. The lowest BCUT2D eigenvalue weighted by Crippen LogP contribution is -2.06. The van der Waals surface area contributed by atoms with E-state index in [2.05, 4.69) is 10.2 Å². The summed E-state index contributed by atoms with van der Waals surface area (Å²) in [5.41, 5.74) is 0. The fraction of sp³-hybridized carbons (Fsp3) is 0.667. The maximum Gasteiger partial charge on any atom is 0.265 e. The van der Waals surface area contributed by atoms with Gasteiger partial charge in [-0.2, -0.15) is 25.3 Å². The van der Waals surface area contributed by atoms with Crippen molar-refractivity contribution in [3.63, 3.8) is 0 Å². The molecular weight excluding hydrogens is 308 g/mol. The molecule has 0 saturated heterocycles. The first-order chi connectivity index (χ1) is 7.47. The number of aromatic nitrogens is 2. The molecule has 0 aliphatic carbocycles. The van der Waals surface area contributed by atoms with Crippen LogP contribution in [-0.4, -0.2) is 46.2 Å². The average Bonchev–Trinajstić information content (AvgIpc) is 2.56. The molecule has 16 heavy (non-hydrogen) atoms. The van der Waals surface area contributed by atoms with Crippen molar-refractivity contribution >= 4 is 57.2 Å². The van der Waals surface area contributed by atoms with E-state index in [1.54, 1.807) is 11.8 Å². The van der Waals surface area contributed by atoms with Crippen LogP contribution in [0, 0.1) is 3.95 Å². The van der Waals surface area contributed by atoms with E-state index in [0.29, 0.717) is 9.71 Å². The van der Waals surface area contributed by atoms with Crippen molar-refractivity contribution in [1.29, 1.82) is 0 Å². The molecule has 0 aromatic carbocycles. The normalized spacial score (nSPS) is 11.8. The van der Waals surface area contributed by atoms with Gasteiger partial charge < -0.3 is 0 Å². The molecule has 1 heterocycles. The van der Waals surface area contributed by atoms with Crippen LogP contribution in [-0.2, 0) is 10.1 Å². The van der Waals surface area contributed by atoms with Crippen LogP contribution < -0.4 is 0 Å². The number of H-pyrrole nitrogens is 1. The molecule has 1 rings (SSSR count). The van der Waals surface area contributed by atoms with Crippen LogP contribution in [0.15, 0.2) is 4.34 Å². The number of hydrogen-bond donors (Lipinski definition) is 2. The Bertz CT molecular complexity index is 465. The molecule has 0 fully saturated rings. The third kappa shape index (κ3) is 6.86. The molecule has 10 heteroatoms.